The zero-order chi connectivity index (χ0) is 17.4. The third kappa shape index (κ3) is 7.10. The first-order valence-electron chi connectivity index (χ1n) is 6.93. The van der Waals surface area contributed by atoms with Gasteiger partial charge >= 0.3 is 132 Å². The van der Waals surface area contributed by atoms with E-state index in [9.17, 15) is 33.8 Å². The van der Waals surface area contributed by atoms with Crippen molar-refractivity contribution in [3.8, 4) is 0 Å². The molecule has 10 heteroatoms. The normalized spacial score (nSPS) is 13.5. The number of hydrogen-bond acceptors (Lipinski definition) is 2. The Balaban J connectivity index is 4.15. The van der Waals surface area contributed by atoms with Crippen LogP contribution in [0.2, 0.25) is 4.44 Å². The van der Waals surface area contributed by atoms with Gasteiger partial charge in [0.1, 0.15) is 0 Å². The first kappa shape index (κ1) is 22.1. The molecule has 0 aromatic carbocycles. The van der Waals surface area contributed by atoms with Crippen molar-refractivity contribution in [3.05, 3.63) is 0 Å². The molecule has 0 aromatic heterocycles. The Morgan fingerprint density at radius 1 is 0.864 bits per heavy atom. The van der Waals surface area contributed by atoms with Gasteiger partial charge < -0.3 is 0 Å². The molecule has 0 fully saturated rings. The molecule has 0 rings (SSSR count). The van der Waals surface area contributed by atoms with Crippen LogP contribution in [0.15, 0.2) is 0 Å². The van der Waals surface area contributed by atoms with Gasteiger partial charge in [0.05, 0.1) is 0 Å². The number of alkyl halides is 7. The molecule has 132 valence electrons. The summed E-state index contributed by atoms with van der Waals surface area (Å²) in [5, 5.41) is 0. The minimum absolute atomic E-state index is 0.155. The predicted octanol–water partition coefficient (Wildman–Crippen LogP) is 5.12. The van der Waals surface area contributed by atoms with Crippen molar-refractivity contribution in [1.29, 1.82) is 0 Å². The summed E-state index contributed by atoms with van der Waals surface area (Å²) < 4.78 is 101. The fourth-order valence-corrected chi connectivity index (χ4v) is 4.64. The SMILES string of the molecule is CCCCCCCC[O][Sn](=[O])[CH2]C(F)(F)C(F)(F)C(F)(F)F. The molecule has 0 amide bonds. The van der Waals surface area contributed by atoms with Crippen molar-refractivity contribution in [2.75, 3.05) is 6.61 Å². The van der Waals surface area contributed by atoms with Gasteiger partial charge in [-0.25, -0.2) is 0 Å². The van der Waals surface area contributed by atoms with Crippen molar-refractivity contribution in [2.24, 2.45) is 0 Å². The van der Waals surface area contributed by atoms with Gasteiger partial charge in [-0.2, -0.15) is 0 Å². The minimum atomic E-state index is -6.39. The first-order valence-corrected chi connectivity index (χ1v) is 11.3. The number of rotatable bonds is 11. The molecule has 0 heterocycles. The molecule has 0 aliphatic carbocycles. The Bertz CT molecular complexity index is 345. The molecule has 0 aromatic rings. The fraction of sp³-hybridized carbons (Fsp3) is 1.00. The van der Waals surface area contributed by atoms with E-state index in [1.54, 1.807) is 0 Å². The number of hydrogen-bond donors (Lipinski definition) is 0. The fourth-order valence-electron chi connectivity index (χ4n) is 1.62. The standard InChI is InChI=1S/C8H17O.C4H2F7.O.Sn/c1-2-3-4-5-6-7-8-9;1-2(5,6)3(7,8)4(9,10)11;;/h2-8H2,1H3;1H2;;/q-1;;;+1. The van der Waals surface area contributed by atoms with E-state index in [0.29, 0.717) is 12.8 Å². The third-order valence-electron chi connectivity index (χ3n) is 2.94. The third-order valence-corrected chi connectivity index (χ3v) is 6.54. The van der Waals surface area contributed by atoms with Crippen LogP contribution in [0.1, 0.15) is 45.4 Å². The van der Waals surface area contributed by atoms with Crippen LogP contribution in [0, 0.1) is 0 Å². The van der Waals surface area contributed by atoms with Gasteiger partial charge in [-0.05, 0) is 0 Å². The van der Waals surface area contributed by atoms with E-state index in [4.69, 9.17) is 0 Å². The first-order chi connectivity index (χ1) is 9.95. The molecule has 0 aliphatic heterocycles. The molecule has 0 saturated heterocycles. The van der Waals surface area contributed by atoms with Crippen LogP contribution in [0.3, 0.4) is 0 Å². The van der Waals surface area contributed by atoms with Gasteiger partial charge in [-0.3, -0.25) is 0 Å². The van der Waals surface area contributed by atoms with Crippen LogP contribution in [0.4, 0.5) is 30.7 Å². The molecule has 0 atom stereocenters. The Morgan fingerprint density at radius 2 is 1.36 bits per heavy atom. The Kier molecular flexibility index (Phi) is 9.41. The summed E-state index contributed by atoms with van der Waals surface area (Å²) in [5.41, 5.74) is 0. The molecule has 0 aliphatic rings. The van der Waals surface area contributed by atoms with Crippen LogP contribution in [0.25, 0.3) is 0 Å². The number of unbranched alkanes of at least 4 members (excludes halogenated alkanes) is 5. The monoisotopic (exact) mass is 448 g/mol. The van der Waals surface area contributed by atoms with Gasteiger partial charge in [0, 0.05) is 0 Å². The maximum atomic E-state index is 13.0. The van der Waals surface area contributed by atoms with Crippen molar-refractivity contribution >= 4 is 20.2 Å². The topological polar surface area (TPSA) is 26.3 Å². The van der Waals surface area contributed by atoms with E-state index in [2.05, 4.69) is 3.07 Å². The second-order valence-corrected chi connectivity index (χ2v) is 8.90. The molecule has 0 spiro atoms. The average Bonchev–Trinajstić information content (AvgIpc) is 2.35. The molecular formula is C12H19F7O2Sn. The molecule has 0 radical (unpaired) electrons. The molecule has 0 bridgehead atoms. The summed E-state index contributed by atoms with van der Waals surface area (Å²) in [6, 6.07) is 0. The van der Waals surface area contributed by atoms with Crippen LogP contribution < -0.4 is 0 Å². The van der Waals surface area contributed by atoms with Gasteiger partial charge in [0.25, 0.3) is 0 Å². The van der Waals surface area contributed by atoms with E-state index >= 15 is 0 Å². The second kappa shape index (κ2) is 9.39. The molecule has 0 N–H and O–H groups in total. The van der Waals surface area contributed by atoms with Crippen molar-refractivity contribution < 1.29 is 36.9 Å². The van der Waals surface area contributed by atoms with Gasteiger partial charge in [-0.15, -0.1) is 0 Å². The summed E-state index contributed by atoms with van der Waals surface area (Å²) in [6.45, 7) is 1.87. The summed E-state index contributed by atoms with van der Waals surface area (Å²) in [5.74, 6) is -11.6. The van der Waals surface area contributed by atoms with Crippen molar-refractivity contribution in [3.63, 3.8) is 0 Å². The molecular weight excluding hydrogens is 428 g/mol. The van der Waals surface area contributed by atoms with Gasteiger partial charge in [0.15, 0.2) is 0 Å². The van der Waals surface area contributed by atoms with Crippen LogP contribution in [0.5, 0.6) is 0 Å². The van der Waals surface area contributed by atoms with E-state index in [0.717, 1.165) is 25.7 Å². The Labute approximate surface area is 132 Å². The summed E-state index contributed by atoms with van der Waals surface area (Å²) in [6.07, 6.45) is -1.34. The van der Waals surface area contributed by atoms with Crippen LogP contribution >= 0.6 is 0 Å². The van der Waals surface area contributed by atoms with E-state index < -0.39 is 42.6 Å². The summed E-state index contributed by atoms with van der Waals surface area (Å²) in [4.78, 5) is 0. The van der Waals surface area contributed by atoms with Crippen molar-refractivity contribution in [1.82, 2.24) is 0 Å². The second-order valence-electron chi connectivity index (χ2n) is 4.94. The molecule has 2 nitrogen and oxygen atoms in total. The van der Waals surface area contributed by atoms with Crippen LogP contribution in [-0.4, -0.2) is 44.8 Å². The number of halogens is 7. The van der Waals surface area contributed by atoms with Gasteiger partial charge in [0.2, 0.25) is 0 Å². The average molecular weight is 447 g/mol. The zero-order valence-electron chi connectivity index (χ0n) is 12.1. The van der Waals surface area contributed by atoms with E-state index in [1.807, 2.05) is 6.92 Å². The Hall–Kier alpha value is 0.0687. The summed E-state index contributed by atoms with van der Waals surface area (Å²) >= 11 is -4.63. The van der Waals surface area contributed by atoms with Gasteiger partial charge in [-0.1, -0.05) is 0 Å². The molecule has 0 unspecified atom stereocenters. The van der Waals surface area contributed by atoms with Crippen molar-refractivity contribution in [2.45, 2.75) is 67.9 Å². The van der Waals surface area contributed by atoms with E-state index in [1.165, 1.54) is 0 Å². The zero-order valence-corrected chi connectivity index (χ0v) is 15.0. The molecule has 22 heavy (non-hydrogen) atoms. The van der Waals surface area contributed by atoms with E-state index in [-0.39, 0.29) is 6.61 Å². The molecule has 0 saturated carbocycles. The van der Waals surface area contributed by atoms with Crippen LogP contribution in [-0.2, 0) is 6.15 Å². The Morgan fingerprint density at radius 3 is 1.86 bits per heavy atom. The quantitative estimate of drug-likeness (QED) is 0.250. The predicted molar refractivity (Wildman–Crippen MR) is 66.5 cm³/mol. The maximum absolute atomic E-state index is 13.0. The summed E-state index contributed by atoms with van der Waals surface area (Å²) in [7, 11) is 0.